The Kier molecular flexibility index (Phi) is 17.5. The van der Waals surface area contributed by atoms with Crippen LogP contribution in [0.5, 0.6) is 0 Å². The molecule has 18 heteroatoms. The average Bonchev–Trinajstić information content (AvgIpc) is 3.71. The SMILES string of the molecule is CCOP(=O)(c1ccc(C[C@H](CCN2CCOCC2)CSc2ccccc2)c([N+](=O)[O-])c1)N(C)c1ccc(N2CCN(c3cc(F)cc(-c4c(S(C)(=O)=O)c(C)n(C(C)C)c4-c4ccc(Cl)cc4)c3)CC2)cc1. The van der Waals surface area contributed by atoms with E-state index in [9.17, 15) is 18.5 Å². The number of morpholine rings is 1. The van der Waals surface area contributed by atoms with Gasteiger partial charge < -0.3 is 28.3 Å². The minimum Gasteiger partial charge on any atom is -0.379 e. The summed E-state index contributed by atoms with van der Waals surface area (Å²) in [5.74, 6) is 0.474. The van der Waals surface area contributed by atoms with E-state index in [1.54, 1.807) is 61.6 Å². The van der Waals surface area contributed by atoms with E-state index in [2.05, 4.69) is 26.8 Å². The van der Waals surface area contributed by atoms with Gasteiger partial charge in [0, 0.05) is 114 Å². The fourth-order valence-corrected chi connectivity index (χ4v) is 14.6. The molecule has 13 nitrogen and oxygen atoms in total. The first-order chi connectivity index (χ1) is 34.9. The lowest BCUT2D eigenvalue weighted by molar-refractivity contribution is -0.385. The fraction of sp³-hybridized carbons (Fsp3) is 0.382. The Morgan fingerprint density at radius 2 is 1.53 bits per heavy atom. The molecule has 0 N–H and O–H groups in total. The molecule has 2 fully saturated rings. The van der Waals surface area contributed by atoms with Gasteiger partial charge in [-0.15, -0.1) is 11.8 Å². The molecule has 5 aromatic carbocycles. The number of sulfone groups is 1. The lowest BCUT2D eigenvalue weighted by atomic mass is 9.96. The molecule has 388 valence electrons. The number of nitro benzene ring substituents is 1. The number of nitrogens with zero attached hydrogens (tertiary/aromatic N) is 6. The molecule has 2 aliphatic rings. The Hall–Kier alpha value is -5.19. The molecule has 6 aromatic rings. The molecular formula is C55H65ClFN6O7PS2. The van der Waals surface area contributed by atoms with Gasteiger partial charge in [-0.2, -0.15) is 0 Å². The summed E-state index contributed by atoms with van der Waals surface area (Å²) >= 11 is 8.03. The van der Waals surface area contributed by atoms with Crippen molar-refractivity contribution < 1.29 is 31.6 Å². The van der Waals surface area contributed by atoms with Crippen molar-refractivity contribution in [1.82, 2.24) is 9.47 Å². The molecule has 8 rings (SSSR count). The molecule has 73 heavy (non-hydrogen) atoms. The molecule has 0 amide bonds. The van der Waals surface area contributed by atoms with E-state index in [1.807, 2.05) is 79.1 Å². The minimum atomic E-state index is -3.84. The molecule has 2 aliphatic heterocycles. The minimum absolute atomic E-state index is 0.0717. The monoisotopic (exact) mass is 1070 g/mol. The topological polar surface area (TPSA) is 131 Å². The van der Waals surface area contributed by atoms with E-state index in [0.29, 0.717) is 90.3 Å². The van der Waals surface area contributed by atoms with Crippen LogP contribution in [0.25, 0.3) is 22.4 Å². The molecule has 0 spiro atoms. The van der Waals surface area contributed by atoms with Crippen molar-refractivity contribution in [1.29, 1.82) is 0 Å². The van der Waals surface area contributed by atoms with Gasteiger partial charge in [0.05, 0.1) is 40.6 Å². The summed E-state index contributed by atoms with van der Waals surface area (Å²) in [6.45, 7) is 14.1. The zero-order valence-corrected chi connectivity index (χ0v) is 45.7. The molecular weight excluding hydrogens is 1010 g/mol. The Morgan fingerprint density at radius 1 is 0.877 bits per heavy atom. The Bertz CT molecular complexity index is 3040. The van der Waals surface area contributed by atoms with Gasteiger partial charge in [0.25, 0.3) is 5.69 Å². The van der Waals surface area contributed by atoms with Crippen molar-refractivity contribution in [3.63, 3.8) is 0 Å². The highest BCUT2D eigenvalue weighted by atomic mass is 35.5. The van der Waals surface area contributed by atoms with E-state index in [4.69, 9.17) is 20.9 Å². The Balaban J connectivity index is 0.988. The first-order valence-electron chi connectivity index (χ1n) is 24.8. The largest absolute Gasteiger partial charge is 0.379 e. The predicted octanol–water partition coefficient (Wildman–Crippen LogP) is 11.8. The van der Waals surface area contributed by atoms with Crippen LogP contribution in [0.2, 0.25) is 5.02 Å². The van der Waals surface area contributed by atoms with Gasteiger partial charge in [-0.25, -0.2) is 12.8 Å². The average molecular weight is 1070 g/mol. The number of hydrogen-bond acceptors (Lipinski definition) is 11. The standard InChI is InChI=1S/C55H65ClFN6O7PS2/c1-7-70-71(66,50-22-15-43(52(37-50)63(64)65)33-41(23-24-59-29-31-69-32-30-59)38-72-51-11-9-8-10-12-51)58(5)47-18-20-48(21-19-47)60-25-27-61(28-26-60)49-35-44(34-46(57)36-49)53-54(42-13-16-45(56)17-14-42)62(39(2)3)40(4)55(53)73(6,67)68/h8-22,34-37,39,41H,7,23-33,38H2,1-6H3/t41-,71?/m0/s1. The molecule has 0 radical (unpaired) electrons. The summed E-state index contributed by atoms with van der Waals surface area (Å²) in [5.41, 5.74) is 5.69. The molecule has 1 aromatic heterocycles. The Morgan fingerprint density at radius 3 is 2.15 bits per heavy atom. The molecule has 0 bridgehead atoms. The lowest BCUT2D eigenvalue weighted by Gasteiger charge is -2.38. The van der Waals surface area contributed by atoms with Crippen LogP contribution in [-0.4, -0.2) is 107 Å². The normalized spacial score (nSPS) is 15.9. The number of aromatic nitrogens is 1. The van der Waals surface area contributed by atoms with Crippen molar-refractivity contribution >= 4 is 68.8 Å². The summed E-state index contributed by atoms with van der Waals surface area (Å²) in [5, 5.41) is 13.6. The maximum atomic E-state index is 15.8. The van der Waals surface area contributed by atoms with Crippen LogP contribution in [0.15, 0.2) is 125 Å². The number of nitro groups is 1. The number of piperazine rings is 1. The summed E-state index contributed by atoms with van der Waals surface area (Å²) in [6.07, 6.45) is 2.57. The van der Waals surface area contributed by atoms with Crippen LogP contribution < -0.4 is 19.8 Å². The van der Waals surface area contributed by atoms with Crippen molar-refractivity contribution in [2.24, 2.45) is 5.92 Å². The van der Waals surface area contributed by atoms with Gasteiger partial charge in [0.1, 0.15) is 5.82 Å². The number of benzene rings is 5. The number of thioether (sulfide) groups is 1. The van der Waals surface area contributed by atoms with Crippen LogP contribution in [0.4, 0.5) is 27.1 Å². The third-order valence-electron chi connectivity index (χ3n) is 13.8. The van der Waals surface area contributed by atoms with Crippen molar-refractivity contribution in [2.45, 2.75) is 56.4 Å². The summed E-state index contributed by atoms with van der Waals surface area (Å²) in [4.78, 5) is 20.4. The number of rotatable bonds is 20. The van der Waals surface area contributed by atoms with Crippen LogP contribution >= 0.6 is 30.9 Å². The highest BCUT2D eigenvalue weighted by Crippen LogP contribution is 2.52. The highest BCUT2D eigenvalue weighted by molar-refractivity contribution is 7.99. The van der Waals surface area contributed by atoms with Gasteiger partial charge in [-0.1, -0.05) is 48.0 Å². The number of anilines is 3. The van der Waals surface area contributed by atoms with E-state index >= 15 is 8.96 Å². The quantitative estimate of drug-likeness (QED) is 0.0312. The van der Waals surface area contributed by atoms with Crippen molar-refractivity contribution in [3.8, 4) is 22.4 Å². The summed E-state index contributed by atoms with van der Waals surface area (Å²) in [6, 6.07) is 34.7. The third-order valence-corrected chi connectivity index (χ3v) is 19.1. The number of ether oxygens (including phenoxy) is 1. The lowest BCUT2D eigenvalue weighted by Crippen LogP contribution is -2.46. The molecule has 0 aliphatic carbocycles. The summed E-state index contributed by atoms with van der Waals surface area (Å²) < 4.78 is 73.2. The van der Waals surface area contributed by atoms with Crippen LogP contribution in [0, 0.1) is 28.8 Å². The maximum Gasteiger partial charge on any atom is 0.326 e. The second kappa shape index (κ2) is 23.6. The van der Waals surface area contributed by atoms with Gasteiger partial charge in [-0.05, 0) is 137 Å². The zero-order chi connectivity index (χ0) is 52.0. The van der Waals surface area contributed by atoms with Gasteiger partial charge in [-0.3, -0.25) is 19.6 Å². The fourth-order valence-electron chi connectivity index (χ4n) is 10.2. The number of halogens is 2. The van der Waals surface area contributed by atoms with Crippen LogP contribution in [0.3, 0.4) is 0 Å². The Labute approximate surface area is 438 Å². The van der Waals surface area contributed by atoms with E-state index in [0.717, 1.165) is 48.0 Å². The number of hydrogen-bond donors (Lipinski definition) is 0. The van der Waals surface area contributed by atoms with E-state index < -0.39 is 23.2 Å². The van der Waals surface area contributed by atoms with E-state index in [-0.39, 0.29) is 39.4 Å². The van der Waals surface area contributed by atoms with Crippen molar-refractivity contribution in [3.05, 3.63) is 147 Å². The predicted molar refractivity (Wildman–Crippen MR) is 296 cm³/mol. The maximum absolute atomic E-state index is 15.8. The van der Waals surface area contributed by atoms with E-state index in [1.165, 1.54) is 24.5 Å². The molecule has 0 saturated carbocycles. The second-order valence-electron chi connectivity index (χ2n) is 19.0. The summed E-state index contributed by atoms with van der Waals surface area (Å²) in [7, 11) is -5.90. The first kappa shape index (κ1) is 54.1. The van der Waals surface area contributed by atoms with Crippen molar-refractivity contribution in [2.75, 3.05) is 99.2 Å². The zero-order valence-electron chi connectivity index (χ0n) is 42.4. The molecule has 1 unspecified atom stereocenters. The highest BCUT2D eigenvalue weighted by Gasteiger charge is 2.35. The second-order valence-corrected chi connectivity index (χ2v) is 24.9. The first-order valence-corrected chi connectivity index (χ1v) is 29.6. The third kappa shape index (κ3) is 12.5. The van der Waals surface area contributed by atoms with Crippen LogP contribution in [-0.2, 0) is 30.1 Å². The molecule has 2 saturated heterocycles. The molecule has 3 heterocycles. The van der Waals surface area contributed by atoms with Gasteiger partial charge >= 0.3 is 7.52 Å². The molecule has 2 atom stereocenters. The van der Waals surface area contributed by atoms with Gasteiger partial charge in [0.2, 0.25) is 0 Å². The van der Waals surface area contributed by atoms with Gasteiger partial charge in [0.15, 0.2) is 9.84 Å². The van der Waals surface area contributed by atoms with Crippen LogP contribution in [0.1, 0.15) is 44.5 Å². The smallest absolute Gasteiger partial charge is 0.326 e.